The van der Waals surface area contributed by atoms with E-state index in [9.17, 15) is 8.42 Å². The highest BCUT2D eigenvalue weighted by molar-refractivity contribution is 7.91. The molecule has 24 heavy (non-hydrogen) atoms. The molecule has 126 valence electrons. The number of fused-ring (bicyclic) bond motifs is 1. The maximum atomic E-state index is 12.2. The van der Waals surface area contributed by atoms with Crippen molar-refractivity contribution < 1.29 is 8.42 Å². The van der Waals surface area contributed by atoms with Crippen LogP contribution in [-0.2, 0) is 16.4 Å². The van der Waals surface area contributed by atoms with Crippen molar-refractivity contribution in [3.63, 3.8) is 0 Å². The van der Waals surface area contributed by atoms with Crippen LogP contribution in [0.1, 0.15) is 24.2 Å². The lowest BCUT2D eigenvalue weighted by Gasteiger charge is -2.08. The topological polar surface area (TPSA) is 90.6 Å². The second-order valence-electron chi connectivity index (χ2n) is 5.69. The second kappa shape index (κ2) is 6.64. The van der Waals surface area contributed by atoms with Crippen molar-refractivity contribution in [2.75, 3.05) is 5.75 Å². The van der Waals surface area contributed by atoms with Crippen LogP contribution < -0.4 is 0 Å². The summed E-state index contributed by atoms with van der Waals surface area (Å²) in [5.41, 5.74) is 3.01. The highest BCUT2D eigenvalue weighted by Gasteiger charge is 2.17. The minimum atomic E-state index is -3.42. The first kappa shape index (κ1) is 16.5. The van der Waals surface area contributed by atoms with E-state index in [-0.39, 0.29) is 10.9 Å². The van der Waals surface area contributed by atoms with Gasteiger partial charge in [0.05, 0.1) is 17.5 Å². The van der Waals surface area contributed by atoms with E-state index in [1.807, 2.05) is 20.0 Å². The Labute approximate surface area is 140 Å². The maximum Gasteiger partial charge on any atom is 0.246 e. The Kier molecular flexibility index (Phi) is 4.57. The average Bonchev–Trinajstić information content (AvgIpc) is 2.89. The molecule has 0 fully saturated rings. The van der Waals surface area contributed by atoms with Gasteiger partial charge in [0.15, 0.2) is 0 Å². The van der Waals surface area contributed by atoms with Crippen LogP contribution in [0, 0.1) is 13.8 Å². The molecule has 0 atom stereocenters. The number of aryl methyl sites for hydroxylation is 3. The van der Waals surface area contributed by atoms with Crippen LogP contribution in [-0.4, -0.2) is 38.7 Å². The molecular formula is C16H19N5O2S. The zero-order chi connectivity index (χ0) is 17.2. The maximum absolute atomic E-state index is 12.2. The van der Waals surface area contributed by atoms with Crippen LogP contribution in [0.2, 0.25) is 0 Å². The van der Waals surface area contributed by atoms with Gasteiger partial charge >= 0.3 is 0 Å². The summed E-state index contributed by atoms with van der Waals surface area (Å²) in [5.74, 6) is 0.957. The van der Waals surface area contributed by atoms with Gasteiger partial charge in [-0.15, -0.1) is 0 Å². The van der Waals surface area contributed by atoms with Gasteiger partial charge in [-0.1, -0.05) is 0 Å². The largest absolute Gasteiger partial charge is 0.328 e. The third kappa shape index (κ3) is 3.28. The molecule has 0 aromatic carbocycles. The standard InChI is InChI=1S/C16H19N5O2S/c1-12-10-17-11-14-15(12)21(13(2)20-14)8-3-4-9-24(22,23)16-18-6-5-7-19-16/h5-7,10-11H,3-4,8-9H2,1-2H3. The van der Waals surface area contributed by atoms with Crippen LogP contribution in [0.3, 0.4) is 0 Å². The fourth-order valence-electron chi connectivity index (χ4n) is 2.75. The predicted octanol–water partition coefficient (Wildman–Crippen LogP) is 2.09. The summed E-state index contributed by atoms with van der Waals surface area (Å²) in [6.07, 6.45) is 7.74. The fraction of sp³-hybridized carbons (Fsp3) is 0.375. The number of nitrogens with zero attached hydrogens (tertiary/aromatic N) is 5. The molecule has 3 rings (SSSR count). The van der Waals surface area contributed by atoms with Crippen LogP contribution in [0.5, 0.6) is 0 Å². The highest BCUT2D eigenvalue weighted by atomic mass is 32.2. The van der Waals surface area contributed by atoms with Crippen LogP contribution in [0.25, 0.3) is 11.0 Å². The van der Waals surface area contributed by atoms with Gasteiger partial charge in [0.2, 0.25) is 15.0 Å². The minimum Gasteiger partial charge on any atom is -0.328 e. The summed E-state index contributed by atoms with van der Waals surface area (Å²) in [6, 6.07) is 1.60. The Morgan fingerprint density at radius 3 is 2.58 bits per heavy atom. The highest BCUT2D eigenvalue weighted by Crippen LogP contribution is 2.19. The number of aromatic nitrogens is 5. The van der Waals surface area contributed by atoms with Crippen LogP contribution in [0.15, 0.2) is 36.0 Å². The molecule has 0 amide bonds. The van der Waals surface area contributed by atoms with Crippen LogP contribution in [0.4, 0.5) is 0 Å². The lowest BCUT2D eigenvalue weighted by molar-refractivity contribution is 0.575. The SMILES string of the molecule is Cc1cncc2nc(C)n(CCCCS(=O)(=O)c3ncccn3)c12. The number of rotatable bonds is 6. The van der Waals surface area contributed by atoms with E-state index in [0.717, 1.165) is 35.4 Å². The van der Waals surface area contributed by atoms with Gasteiger partial charge in [0.25, 0.3) is 0 Å². The van der Waals surface area contributed by atoms with Crippen molar-refractivity contribution >= 4 is 20.9 Å². The quantitative estimate of drug-likeness (QED) is 0.502. The minimum absolute atomic E-state index is 0.0449. The molecule has 0 aliphatic carbocycles. The first-order chi connectivity index (χ1) is 11.5. The molecule has 3 heterocycles. The van der Waals surface area contributed by atoms with E-state index in [4.69, 9.17) is 0 Å². The van der Waals surface area contributed by atoms with Crippen molar-refractivity contribution in [3.8, 4) is 0 Å². The summed E-state index contributed by atoms with van der Waals surface area (Å²) in [4.78, 5) is 16.3. The summed E-state index contributed by atoms with van der Waals surface area (Å²) in [6.45, 7) is 4.68. The molecule has 7 nitrogen and oxygen atoms in total. The van der Waals surface area contributed by atoms with Gasteiger partial charge in [0.1, 0.15) is 11.3 Å². The second-order valence-corrected chi connectivity index (χ2v) is 7.70. The van der Waals surface area contributed by atoms with E-state index in [1.165, 1.54) is 12.4 Å². The number of hydrogen-bond donors (Lipinski definition) is 0. The predicted molar refractivity (Wildman–Crippen MR) is 90.3 cm³/mol. The monoisotopic (exact) mass is 345 g/mol. The molecular weight excluding hydrogens is 326 g/mol. The molecule has 0 saturated carbocycles. The van der Waals surface area contributed by atoms with Crippen molar-refractivity contribution in [1.29, 1.82) is 0 Å². The molecule has 0 radical (unpaired) electrons. The summed E-state index contributed by atoms with van der Waals surface area (Å²) in [7, 11) is -3.42. The third-order valence-corrected chi connectivity index (χ3v) is 5.48. The van der Waals surface area contributed by atoms with E-state index in [2.05, 4.69) is 24.5 Å². The number of hydrogen-bond acceptors (Lipinski definition) is 6. The van der Waals surface area contributed by atoms with Crippen molar-refractivity contribution in [3.05, 3.63) is 42.2 Å². The lowest BCUT2D eigenvalue weighted by Crippen LogP contribution is -2.11. The summed E-state index contributed by atoms with van der Waals surface area (Å²) < 4.78 is 26.5. The molecule has 0 bridgehead atoms. The van der Waals surface area contributed by atoms with Gasteiger partial charge in [0, 0.05) is 25.1 Å². The molecule has 0 saturated heterocycles. The van der Waals surface area contributed by atoms with Gasteiger partial charge in [-0.2, -0.15) is 0 Å². The van der Waals surface area contributed by atoms with Crippen LogP contribution >= 0.6 is 0 Å². The Morgan fingerprint density at radius 1 is 1.08 bits per heavy atom. The zero-order valence-corrected chi connectivity index (χ0v) is 14.5. The molecule has 0 aliphatic heterocycles. The van der Waals surface area contributed by atoms with Gasteiger partial charge in [-0.25, -0.2) is 23.4 Å². The molecule has 0 spiro atoms. The first-order valence-electron chi connectivity index (χ1n) is 7.76. The summed E-state index contributed by atoms with van der Waals surface area (Å²) >= 11 is 0. The van der Waals surface area contributed by atoms with Crippen molar-refractivity contribution in [2.45, 2.75) is 38.4 Å². The van der Waals surface area contributed by atoms with Crippen molar-refractivity contribution in [1.82, 2.24) is 24.5 Å². The summed E-state index contributed by atoms with van der Waals surface area (Å²) in [5, 5.41) is -0.101. The zero-order valence-electron chi connectivity index (χ0n) is 13.7. The van der Waals surface area contributed by atoms with Crippen molar-refractivity contribution in [2.24, 2.45) is 0 Å². The van der Waals surface area contributed by atoms with Gasteiger partial charge in [-0.05, 0) is 38.3 Å². The Morgan fingerprint density at radius 2 is 1.83 bits per heavy atom. The Bertz CT molecular complexity index is 951. The molecule has 3 aromatic heterocycles. The molecule has 0 N–H and O–H groups in total. The molecule has 8 heteroatoms. The Balaban J connectivity index is 1.67. The molecule has 3 aromatic rings. The lowest BCUT2D eigenvalue weighted by atomic mass is 10.2. The number of imidazole rings is 1. The van der Waals surface area contributed by atoms with E-state index in [0.29, 0.717) is 6.42 Å². The van der Waals surface area contributed by atoms with E-state index in [1.54, 1.807) is 12.3 Å². The van der Waals surface area contributed by atoms with E-state index < -0.39 is 9.84 Å². The first-order valence-corrected chi connectivity index (χ1v) is 9.41. The Hall–Kier alpha value is -2.35. The number of sulfone groups is 1. The number of pyridine rings is 1. The fourth-order valence-corrected chi connectivity index (χ4v) is 3.96. The van der Waals surface area contributed by atoms with Gasteiger partial charge in [-0.3, -0.25) is 4.98 Å². The average molecular weight is 345 g/mol. The normalized spacial score (nSPS) is 11.9. The smallest absolute Gasteiger partial charge is 0.246 e. The van der Waals surface area contributed by atoms with Gasteiger partial charge < -0.3 is 4.57 Å². The van der Waals surface area contributed by atoms with E-state index >= 15 is 0 Å². The molecule has 0 aliphatic rings. The molecule has 0 unspecified atom stereocenters. The third-order valence-electron chi connectivity index (χ3n) is 3.89. The number of unbranched alkanes of at least 4 members (excludes halogenated alkanes) is 1.